The van der Waals surface area contributed by atoms with Gasteiger partial charge in [-0.1, -0.05) is 129 Å². The number of hydrogen-bond donors (Lipinski definition) is 3. The van der Waals surface area contributed by atoms with Crippen molar-refractivity contribution in [1.29, 1.82) is 0 Å². The lowest BCUT2D eigenvalue weighted by molar-refractivity contribution is 0.137. The van der Waals surface area contributed by atoms with Crippen LogP contribution in [0.4, 0.5) is 4.79 Å². The minimum atomic E-state index is -0.812. The van der Waals surface area contributed by atoms with Gasteiger partial charge in [0.1, 0.15) is 0 Å². The zero-order valence-electron chi connectivity index (χ0n) is 20.4. The van der Waals surface area contributed by atoms with E-state index >= 15 is 0 Å². The van der Waals surface area contributed by atoms with Crippen LogP contribution in [0.2, 0.25) is 0 Å². The quantitative estimate of drug-likeness (QED) is 0.0880. The van der Waals surface area contributed by atoms with Crippen molar-refractivity contribution in [3.8, 4) is 0 Å². The molecular formula is C25H54N2O2S. The fourth-order valence-corrected chi connectivity index (χ4v) is 4.33. The van der Waals surface area contributed by atoms with Crippen molar-refractivity contribution in [3.05, 3.63) is 0 Å². The van der Waals surface area contributed by atoms with Crippen molar-refractivity contribution >= 4 is 18.7 Å². The van der Waals surface area contributed by atoms with Crippen molar-refractivity contribution in [2.45, 2.75) is 148 Å². The van der Waals surface area contributed by atoms with E-state index in [1.54, 1.807) is 4.90 Å². The number of rotatable bonds is 22. The lowest BCUT2D eigenvalue weighted by atomic mass is 10.0. The zero-order valence-corrected chi connectivity index (χ0v) is 21.3. The fraction of sp³-hybridized carbons (Fsp3) is 0.960. The van der Waals surface area contributed by atoms with Gasteiger partial charge in [-0.2, -0.15) is 12.6 Å². The standard InChI is InChI=1S/C25H51NO2S.H3N/c1-3-5-7-9-10-11-12-13-14-15-16-17-19-21-23-26(25(27)28)24(29)22-20-18-8-6-4-2;/h24,29H,3-23H2,1-2H3,(H,27,28);1H3. The SMILES string of the molecule is CCCCCCCCCCCCCCCCN(C(=O)O)C(S)CCCCCCC.N. The maximum Gasteiger partial charge on any atom is 0.408 e. The third-order valence-electron chi connectivity index (χ3n) is 5.92. The molecule has 0 aliphatic rings. The summed E-state index contributed by atoms with van der Waals surface area (Å²) in [4.78, 5) is 13.1. The third kappa shape index (κ3) is 20.8. The molecule has 0 spiro atoms. The van der Waals surface area contributed by atoms with E-state index in [9.17, 15) is 9.90 Å². The first-order valence-electron chi connectivity index (χ1n) is 12.8. The first kappa shape index (κ1) is 31.8. The molecule has 5 heteroatoms. The van der Waals surface area contributed by atoms with Gasteiger partial charge in [0.15, 0.2) is 0 Å². The summed E-state index contributed by atoms with van der Waals surface area (Å²) in [5, 5.41) is 9.32. The first-order chi connectivity index (χ1) is 14.1. The van der Waals surface area contributed by atoms with Crippen LogP contribution in [0.1, 0.15) is 142 Å². The topological polar surface area (TPSA) is 75.5 Å². The number of hydrogen-bond acceptors (Lipinski definition) is 3. The van der Waals surface area contributed by atoms with Crippen LogP contribution >= 0.6 is 12.6 Å². The van der Waals surface area contributed by atoms with Gasteiger partial charge in [-0.05, 0) is 12.8 Å². The Bertz CT molecular complexity index is 356. The lowest BCUT2D eigenvalue weighted by Gasteiger charge is -2.25. The molecular weight excluding hydrogens is 392 g/mol. The van der Waals surface area contributed by atoms with Crippen LogP contribution in [0.3, 0.4) is 0 Å². The molecule has 0 bridgehead atoms. The highest BCUT2D eigenvalue weighted by atomic mass is 32.1. The monoisotopic (exact) mass is 446 g/mol. The molecule has 0 aliphatic heterocycles. The second-order valence-electron chi connectivity index (χ2n) is 8.76. The number of amides is 1. The Hall–Kier alpha value is -0.420. The average molecular weight is 447 g/mol. The summed E-state index contributed by atoms with van der Waals surface area (Å²) in [5.41, 5.74) is 0. The van der Waals surface area contributed by atoms with Gasteiger partial charge >= 0.3 is 6.09 Å². The molecule has 0 heterocycles. The second-order valence-corrected chi connectivity index (χ2v) is 9.35. The van der Waals surface area contributed by atoms with Crippen LogP contribution in [0.25, 0.3) is 0 Å². The van der Waals surface area contributed by atoms with Crippen molar-refractivity contribution in [1.82, 2.24) is 11.1 Å². The van der Waals surface area contributed by atoms with Crippen molar-refractivity contribution in [3.63, 3.8) is 0 Å². The molecule has 0 aromatic heterocycles. The molecule has 1 atom stereocenters. The summed E-state index contributed by atoms with van der Waals surface area (Å²) in [6.07, 6.45) is 24.7. The van der Waals surface area contributed by atoms with Gasteiger partial charge < -0.3 is 11.3 Å². The summed E-state index contributed by atoms with van der Waals surface area (Å²) in [6, 6.07) is 0. The van der Waals surface area contributed by atoms with Gasteiger partial charge in [0.25, 0.3) is 0 Å². The smallest absolute Gasteiger partial charge is 0.408 e. The predicted molar refractivity (Wildman–Crippen MR) is 136 cm³/mol. The first-order valence-corrected chi connectivity index (χ1v) is 13.3. The van der Waals surface area contributed by atoms with Crippen LogP contribution in [-0.4, -0.2) is 28.0 Å². The van der Waals surface area contributed by atoms with E-state index in [0.717, 1.165) is 25.7 Å². The Labute approximate surface area is 194 Å². The van der Waals surface area contributed by atoms with E-state index in [2.05, 4.69) is 26.5 Å². The summed E-state index contributed by atoms with van der Waals surface area (Å²) >= 11 is 4.56. The zero-order chi connectivity index (χ0) is 21.6. The van der Waals surface area contributed by atoms with Crippen LogP contribution in [0.5, 0.6) is 0 Å². The Morgan fingerprint density at radius 3 is 1.37 bits per heavy atom. The number of unbranched alkanes of at least 4 members (excludes halogenated alkanes) is 17. The summed E-state index contributed by atoms with van der Waals surface area (Å²) in [7, 11) is 0. The minimum Gasteiger partial charge on any atom is -0.465 e. The van der Waals surface area contributed by atoms with E-state index in [0.29, 0.717) is 6.54 Å². The van der Waals surface area contributed by atoms with E-state index < -0.39 is 6.09 Å². The molecule has 0 aromatic rings. The molecule has 0 saturated heterocycles. The summed E-state index contributed by atoms with van der Waals surface area (Å²) < 4.78 is 0. The molecule has 0 radical (unpaired) electrons. The molecule has 0 aliphatic carbocycles. The Kier molecular flexibility index (Phi) is 26.3. The molecule has 4 N–H and O–H groups in total. The van der Waals surface area contributed by atoms with Crippen LogP contribution in [-0.2, 0) is 0 Å². The Balaban J connectivity index is 0. The Morgan fingerprint density at radius 2 is 1.00 bits per heavy atom. The second kappa shape index (κ2) is 24.8. The summed E-state index contributed by atoms with van der Waals surface area (Å²) in [6.45, 7) is 5.12. The summed E-state index contributed by atoms with van der Waals surface area (Å²) in [5.74, 6) is 0. The van der Waals surface area contributed by atoms with Gasteiger partial charge in [-0.25, -0.2) is 4.79 Å². The van der Waals surface area contributed by atoms with Crippen LogP contribution in [0, 0.1) is 0 Å². The van der Waals surface area contributed by atoms with Gasteiger partial charge in [0, 0.05) is 6.54 Å². The molecule has 30 heavy (non-hydrogen) atoms. The van der Waals surface area contributed by atoms with Gasteiger partial charge in [0.05, 0.1) is 5.37 Å². The molecule has 0 aromatic carbocycles. The highest BCUT2D eigenvalue weighted by Gasteiger charge is 2.18. The number of nitrogens with zero attached hydrogens (tertiary/aromatic N) is 1. The molecule has 182 valence electrons. The van der Waals surface area contributed by atoms with E-state index in [1.807, 2.05) is 0 Å². The van der Waals surface area contributed by atoms with Crippen LogP contribution < -0.4 is 6.15 Å². The molecule has 0 fully saturated rings. The molecule has 4 nitrogen and oxygen atoms in total. The highest BCUT2D eigenvalue weighted by Crippen LogP contribution is 2.17. The molecule has 1 unspecified atom stereocenters. The normalized spacial score (nSPS) is 11.8. The third-order valence-corrected chi connectivity index (χ3v) is 6.46. The van der Waals surface area contributed by atoms with Crippen molar-refractivity contribution < 1.29 is 9.90 Å². The van der Waals surface area contributed by atoms with Gasteiger partial charge in [-0.15, -0.1) is 0 Å². The highest BCUT2D eigenvalue weighted by molar-refractivity contribution is 7.80. The maximum absolute atomic E-state index is 11.5. The Morgan fingerprint density at radius 1 is 0.667 bits per heavy atom. The predicted octanol–water partition coefficient (Wildman–Crippen LogP) is 9.23. The van der Waals surface area contributed by atoms with E-state index in [-0.39, 0.29) is 11.5 Å². The molecule has 1 amide bonds. The number of carbonyl (C=O) groups is 1. The van der Waals surface area contributed by atoms with E-state index in [1.165, 1.54) is 103 Å². The van der Waals surface area contributed by atoms with Crippen molar-refractivity contribution in [2.24, 2.45) is 0 Å². The number of carboxylic acid groups (broad SMARTS) is 1. The largest absolute Gasteiger partial charge is 0.465 e. The molecule has 0 saturated carbocycles. The fourth-order valence-electron chi connectivity index (χ4n) is 3.94. The van der Waals surface area contributed by atoms with Crippen LogP contribution in [0.15, 0.2) is 0 Å². The lowest BCUT2D eigenvalue weighted by Crippen LogP contribution is -2.37. The maximum atomic E-state index is 11.5. The minimum absolute atomic E-state index is 0. The van der Waals surface area contributed by atoms with Crippen molar-refractivity contribution in [2.75, 3.05) is 6.54 Å². The van der Waals surface area contributed by atoms with Gasteiger partial charge in [0.2, 0.25) is 0 Å². The average Bonchev–Trinajstić information content (AvgIpc) is 2.70. The van der Waals surface area contributed by atoms with E-state index in [4.69, 9.17) is 0 Å². The molecule has 0 rings (SSSR count). The number of thiol groups is 1. The van der Waals surface area contributed by atoms with Gasteiger partial charge in [-0.3, -0.25) is 4.90 Å².